The van der Waals surface area contributed by atoms with Gasteiger partial charge in [0, 0.05) is 10.9 Å². The number of carboxylic acid groups (broad SMARTS) is 1. The van der Waals surface area contributed by atoms with Crippen molar-refractivity contribution in [1.82, 2.24) is 5.32 Å². The Kier molecular flexibility index (Phi) is 4.77. The van der Waals surface area contributed by atoms with E-state index in [2.05, 4.69) is 26.4 Å². The number of halogens is 1. The first-order valence-electron chi connectivity index (χ1n) is 4.74. The fourth-order valence-corrected chi connectivity index (χ4v) is 1.57. The Morgan fingerprint density at radius 3 is 2.53 bits per heavy atom. The van der Waals surface area contributed by atoms with Gasteiger partial charge in [0.2, 0.25) is 0 Å². The average molecular weight is 302 g/mol. The molecule has 1 unspecified atom stereocenters. The summed E-state index contributed by atoms with van der Waals surface area (Å²) >= 11 is 3.30. The van der Waals surface area contributed by atoms with E-state index in [1.54, 1.807) is 0 Å². The third-order valence-corrected chi connectivity index (χ3v) is 2.65. The molecule has 1 aromatic carbocycles. The number of amidine groups is 1. The van der Waals surface area contributed by atoms with Gasteiger partial charge in [0.15, 0.2) is 5.84 Å². The van der Waals surface area contributed by atoms with E-state index in [0.29, 0.717) is 6.42 Å². The second-order valence-corrected chi connectivity index (χ2v) is 4.27. The Morgan fingerprint density at radius 2 is 2.06 bits per heavy atom. The topological polar surface area (TPSA) is 108 Å². The zero-order valence-corrected chi connectivity index (χ0v) is 10.4. The molecule has 0 fully saturated rings. The fraction of sp³-hybridized carbons (Fsp3) is 0.200. The summed E-state index contributed by atoms with van der Waals surface area (Å²) in [5.74, 6) is -0.171. The number of amides is 1. The van der Waals surface area contributed by atoms with Crippen LogP contribution in [0.4, 0.5) is 4.79 Å². The molecular formula is C10H12BrN3O3. The number of nitrogens with zero attached hydrogens (tertiary/aromatic N) is 1. The first kappa shape index (κ1) is 13.3. The van der Waals surface area contributed by atoms with E-state index >= 15 is 0 Å². The van der Waals surface area contributed by atoms with Crippen LogP contribution in [0.2, 0.25) is 0 Å². The molecule has 7 heteroatoms. The maximum Gasteiger partial charge on any atom is 0.405 e. The zero-order valence-electron chi connectivity index (χ0n) is 8.80. The van der Waals surface area contributed by atoms with Crippen LogP contribution in [0.15, 0.2) is 33.9 Å². The van der Waals surface area contributed by atoms with E-state index < -0.39 is 12.1 Å². The van der Waals surface area contributed by atoms with Crippen molar-refractivity contribution in [2.45, 2.75) is 12.5 Å². The molecule has 0 aliphatic heterocycles. The summed E-state index contributed by atoms with van der Waals surface area (Å²) in [6, 6.07) is 6.56. The van der Waals surface area contributed by atoms with Gasteiger partial charge in [0.1, 0.15) is 0 Å². The zero-order chi connectivity index (χ0) is 12.8. The third kappa shape index (κ3) is 4.31. The van der Waals surface area contributed by atoms with Crippen LogP contribution < -0.4 is 11.1 Å². The van der Waals surface area contributed by atoms with Crippen molar-refractivity contribution >= 4 is 27.9 Å². The maximum absolute atomic E-state index is 10.6. The minimum Gasteiger partial charge on any atom is -0.465 e. The Bertz CT molecular complexity index is 419. The highest BCUT2D eigenvalue weighted by molar-refractivity contribution is 9.10. The molecule has 92 valence electrons. The van der Waals surface area contributed by atoms with Gasteiger partial charge in [-0.2, -0.15) is 0 Å². The van der Waals surface area contributed by atoms with Crippen molar-refractivity contribution in [1.29, 1.82) is 0 Å². The van der Waals surface area contributed by atoms with Crippen LogP contribution in [0.5, 0.6) is 0 Å². The van der Waals surface area contributed by atoms with Gasteiger partial charge in [0.25, 0.3) is 0 Å². The van der Waals surface area contributed by atoms with E-state index in [-0.39, 0.29) is 5.84 Å². The summed E-state index contributed by atoms with van der Waals surface area (Å²) in [5, 5.41) is 22.2. The molecule has 1 aromatic rings. The molecule has 0 spiro atoms. The number of oxime groups is 1. The van der Waals surface area contributed by atoms with Gasteiger partial charge in [-0.05, 0) is 17.7 Å². The minimum atomic E-state index is -1.22. The predicted molar refractivity (Wildman–Crippen MR) is 66.2 cm³/mol. The van der Waals surface area contributed by atoms with Crippen LogP contribution in [0.3, 0.4) is 0 Å². The number of hydrogen-bond donors (Lipinski definition) is 4. The Labute approximate surface area is 106 Å². The SMILES string of the molecule is NC(=NO)C(Cc1ccc(Br)cc1)NC(=O)O. The highest BCUT2D eigenvalue weighted by atomic mass is 79.9. The van der Waals surface area contributed by atoms with E-state index in [1.165, 1.54) is 0 Å². The van der Waals surface area contributed by atoms with Crippen molar-refractivity contribution in [2.24, 2.45) is 10.9 Å². The van der Waals surface area contributed by atoms with Crippen LogP contribution in [0.1, 0.15) is 5.56 Å². The van der Waals surface area contributed by atoms with Crippen molar-refractivity contribution < 1.29 is 15.1 Å². The predicted octanol–water partition coefficient (Wildman–Crippen LogP) is 1.37. The van der Waals surface area contributed by atoms with E-state index in [1.807, 2.05) is 24.3 Å². The molecule has 0 aliphatic rings. The monoisotopic (exact) mass is 301 g/mol. The lowest BCUT2D eigenvalue weighted by Crippen LogP contribution is -2.45. The number of nitrogens with one attached hydrogen (secondary N) is 1. The molecule has 0 bridgehead atoms. The quantitative estimate of drug-likeness (QED) is 0.291. The molecule has 0 radical (unpaired) electrons. The summed E-state index contributed by atoms with van der Waals surface area (Å²) < 4.78 is 0.924. The van der Waals surface area contributed by atoms with Crippen molar-refractivity contribution in [2.75, 3.05) is 0 Å². The molecule has 0 heterocycles. The van der Waals surface area contributed by atoms with Gasteiger partial charge in [-0.15, -0.1) is 0 Å². The molecule has 1 atom stereocenters. The number of hydrogen-bond acceptors (Lipinski definition) is 3. The molecule has 1 amide bonds. The lowest BCUT2D eigenvalue weighted by atomic mass is 10.1. The maximum atomic E-state index is 10.6. The van der Waals surface area contributed by atoms with Gasteiger partial charge in [-0.3, -0.25) is 0 Å². The standard InChI is InChI=1S/C10H12BrN3O3/c11-7-3-1-6(2-4-7)5-8(9(12)14-17)13-10(15)16/h1-4,8,13,17H,5H2,(H2,12,14)(H,15,16). The van der Waals surface area contributed by atoms with E-state index in [0.717, 1.165) is 10.0 Å². The first-order valence-corrected chi connectivity index (χ1v) is 5.53. The first-order chi connectivity index (χ1) is 8.02. The molecule has 17 heavy (non-hydrogen) atoms. The van der Waals surface area contributed by atoms with Crippen molar-refractivity contribution in [3.63, 3.8) is 0 Å². The van der Waals surface area contributed by atoms with Gasteiger partial charge in [-0.1, -0.05) is 33.2 Å². The third-order valence-electron chi connectivity index (χ3n) is 2.12. The van der Waals surface area contributed by atoms with Crippen molar-refractivity contribution in [3.05, 3.63) is 34.3 Å². The van der Waals surface area contributed by atoms with Gasteiger partial charge < -0.3 is 21.4 Å². The van der Waals surface area contributed by atoms with Gasteiger partial charge >= 0.3 is 6.09 Å². The summed E-state index contributed by atoms with van der Waals surface area (Å²) in [7, 11) is 0. The fourth-order valence-electron chi connectivity index (χ4n) is 1.30. The Morgan fingerprint density at radius 1 is 1.47 bits per heavy atom. The number of nitrogens with two attached hydrogens (primary N) is 1. The van der Waals surface area contributed by atoms with Crippen molar-refractivity contribution in [3.8, 4) is 0 Å². The molecule has 5 N–H and O–H groups in total. The van der Waals surface area contributed by atoms with Gasteiger partial charge in [-0.25, -0.2) is 4.79 Å². The Balaban J connectivity index is 2.78. The molecule has 0 saturated heterocycles. The minimum absolute atomic E-state index is 0.171. The molecule has 0 saturated carbocycles. The normalized spacial score (nSPS) is 13.1. The summed E-state index contributed by atoms with van der Waals surface area (Å²) in [6.45, 7) is 0. The number of rotatable bonds is 4. The number of benzene rings is 1. The molecular weight excluding hydrogens is 290 g/mol. The summed E-state index contributed by atoms with van der Waals surface area (Å²) in [5.41, 5.74) is 6.28. The Hall–Kier alpha value is -1.76. The average Bonchev–Trinajstić information content (AvgIpc) is 2.29. The largest absolute Gasteiger partial charge is 0.465 e. The highest BCUT2D eigenvalue weighted by Gasteiger charge is 2.16. The molecule has 0 aliphatic carbocycles. The smallest absolute Gasteiger partial charge is 0.405 e. The number of carbonyl (C=O) groups is 1. The van der Waals surface area contributed by atoms with Gasteiger partial charge in [0.05, 0.1) is 6.04 Å². The molecule has 1 rings (SSSR count). The second kappa shape index (κ2) is 6.09. The van der Waals surface area contributed by atoms with Crippen LogP contribution in [-0.2, 0) is 6.42 Å². The highest BCUT2D eigenvalue weighted by Crippen LogP contribution is 2.12. The molecule has 0 aromatic heterocycles. The lowest BCUT2D eigenvalue weighted by Gasteiger charge is -2.15. The molecule has 6 nitrogen and oxygen atoms in total. The lowest BCUT2D eigenvalue weighted by molar-refractivity contribution is 0.192. The summed E-state index contributed by atoms with van der Waals surface area (Å²) in [4.78, 5) is 10.6. The van der Waals surface area contributed by atoms with Crippen LogP contribution in [0.25, 0.3) is 0 Å². The van der Waals surface area contributed by atoms with Crippen LogP contribution >= 0.6 is 15.9 Å². The summed E-state index contributed by atoms with van der Waals surface area (Å²) in [6.07, 6.45) is -0.908. The van der Waals surface area contributed by atoms with E-state index in [9.17, 15) is 4.79 Å². The van der Waals surface area contributed by atoms with Crippen LogP contribution in [0, 0.1) is 0 Å². The second-order valence-electron chi connectivity index (χ2n) is 3.36. The van der Waals surface area contributed by atoms with E-state index in [4.69, 9.17) is 16.0 Å². The van der Waals surface area contributed by atoms with Crippen LogP contribution in [-0.4, -0.2) is 28.3 Å².